The quantitative estimate of drug-likeness (QED) is 0.705. The summed E-state index contributed by atoms with van der Waals surface area (Å²) in [6.07, 6.45) is 9.96. The maximum atomic E-state index is 12.8. The van der Waals surface area contributed by atoms with E-state index in [1.54, 1.807) is 0 Å². The maximum Gasteiger partial charge on any atom is 0.228 e. The van der Waals surface area contributed by atoms with Gasteiger partial charge in [0.1, 0.15) is 6.23 Å². The van der Waals surface area contributed by atoms with Gasteiger partial charge in [-0.05, 0) is 76.1 Å². The van der Waals surface area contributed by atoms with Gasteiger partial charge in [-0.3, -0.25) is 4.79 Å². The molecular formula is C22H31BrN2O2. The smallest absolute Gasteiger partial charge is 0.228 e. The molecule has 3 fully saturated rings. The Morgan fingerprint density at radius 1 is 1.22 bits per heavy atom. The van der Waals surface area contributed by atoms with Crippen molar-refractivity contribution in [3.8, 4) is 0 Å². The van der Waals surface area contributed by atoms with Crippen LogP contribution in [0.5, 0.6) is 0 Å². The molecule has 2 saturated heterocycles. The highest BCUT2D eigenvalue weighted by Crippen LogP contribution is 2.44. The van der Waals surface area contributed by atoms with Gasteiger partial charge in [-0.2, -0.15) is 0 Å². The number of amides is 1. The van der Waals surface area contributed by atoms with E-state index in [1.165, 1.54) is 38.8 Å². The zero-order valence-electron chi connectivity index (χ0n) is 16.3. The van der Waals surface area contributed by atoms with Crippen LogP contribution in [0.1, 0.15) is 56.9 Å². The highest BCUT2D eigenvalue weighted by molar-refractivity contribution is 9.10. The van der Waals surface area contributed by atoms with Crippen molar-refractivity contribution in [1.29, 1.82) is 0 Å². The highest BCUT2D eigenvalue weighted by atomic mass is 79.9. The molecular weight excluding hydrogens is 404 g/mol. The molecule has 1 unspecified atom stereocenters. The van der Waals surface area contributed by atoms with Crippen LogP contribution in [-0.4, -0.2) is 53.7 Å². The third-order valence-electron chi connectivity index (χ3n) is 6.79. The van der Waals surface area contributed by atoms with Crippen LogP contribution >= 0.6 is 15.9 Å². The van der Waals surface area contributed by atoms with Crippen molar-refractivity contribution in [1.82, 2.24) is 9.80 Å². The van der Waals surface area contributed by atoms with Gasteiger partial charge in [0.2, 0.25) is 5.91 Å². The Balaban J connectivity index is 1.36. The van der Waals surface area contributed by atoms with Crippen molar-refractivity contribution >= 4 is 21.8 Å². The number of carbonyl (C=O) groups is 1. The van der Waals surface area contributed by atoms with Crippen LogP contribution < -0.4 is 0 Å². The molecule has 1 spiro atoms. The first-order chi connectivity index (χ1) is 13.1. The summed E-state index contributed by atoms with van der Waals surface area (Å²) in [7, 11) is 1.91. The highest BCUT2D eigenvalue weighted by Gasteiger charge is 2.46. The van der Waals surface area contributed by atoms with Crippen LogP contribution in [-0.2, 0) is 16.0 Å². The molecule has 1 aromatic rings. The van der Waals surface area contributed by atoms with Crippen molar-refractivity contribution in [2.75, 3.05) is 20.1 Å². The van der Waals surface area contributed by atoms with E-state index in [4.69, 9.17) is 4.74 Å². The Bertz CT molecular complexity index is 676. The zero-order chi connectivity index (χ0) is 18.9. The number of hydrogen-bond donors (Lipinski definition) is 0. The summed E-state index contributed by atoms with van der Waals surface area (Å²) in [5.74, 6) is 0.135. The minimum absolute atomic E-state index is 0.00194. The number of benzene rings is 1. The second-order valence-corrected chi connectivity index (χ2v) is 9.41. The Hall–Kier alpha value is -0.910. The van der Waals surface area contributed by atoms with Crippen LogP contribution in [0, 0.1) is 0 Å². The molecule has 1 saturated carbocycles. The lowest BCUT2D eigenvalue weighted by Gasteiger charge is -2.42. The lowest BCUT2D eigenvalue weighted by Crippen LogP contribution is -2.46. The number of likely N-dealkylation sites (N-methyl/N-ethyl adjacent to an activating group) is 1. The number of carbonyl (C=O) groups excluding carboxylic acids is 1. The van der Waals surface area contributed by atoms with Crippen LogP contribution in [0.4, 0.5) is 0 Å². The molecule has 148 valence electrons. The predicted molar refractivity (Wildman–Crippen MR) is 111 cm³/mol. The van der Waals surface area contributed by atoms with Crippen LogP contribution in [0.2, 0.25) is 0 Å². The van der Waals surface area contributed by atoms with E-state index in [1.807, 2.05) is 36.2 Å². The normalized spacial score (nSPS) is 31.5. The summed E-state index contributed by atoms with van der Waals surface area (Å²) in [6, 6.07) is 8.64. The van der Waals surface area contributed by atoms with Gasteiger partial charge < -0.3 is 14.5 Å². The van der Waals surface area contributed by atoms with Crippen molar-refractivity contribution < 1.29 is 9.53 Å². The molecule has 2 heterocycles. The fraction of sp³-hybridized carbons (Fsp3) is 0.682. The SMILES string of the molecule is CN(C(=O)Cc1ccccc1Br)C1CC[C@]2(CCC[C@@H](N3CCCC3)C2)O1. The van der Waals surface area contributed by atoms with E-state index in [0.717, 1.165) is 35.7 Å². The molecule has 3 atom stereocenters. The van der Waals surface area contributed by atoms with Crippen molar-refractivity contribution in [2.24, 2.45) is 0 Å². The molecule has 0 bridgehead atoms. The Labute approximate surface area is 171 Å². The standard InChI is InChI=1S/C22H31BrN2O2/c1-24(20(26)15-17-7-2-3-9-19(17)23)21-10-12-22(27-21)11-6-8-18(16-22)25-13-4-5-14-25/h2-3,7,9,18,21H,4-6,8,10-16H2,1H3/t18-,21?,22+/m1/s1. The average molecular weight is 435 g/mol. The number of nitrogens with zero attached hydrogens (tertiary/aromatic N) is 2. The molecule has 1 aromatic carbocycles. The monoisotopic (exact) mass is 434 g/mol. The molecule has 5 heteroatoms. The molecule has 0 radical (unpaired) electrons. The molecule has 0 aromatic heterocycles. The lowest BCUT2D eigenvalue weighted by molar-refractivity contribution is -0.154. The summed E-state index contributed by atoms with van der Waals surface area (Å²) < 4.78 is 7.59. The zero-order valence-corrected chi connectivity index (χ0v) is 17.9. The fourth-order valence-electron chi connectivity index (χ4n) is 5.20. The second-order valence-electron chi connectivity index (χ2n) is 8.56. The molecule has 4 rings (SSSR count). The Kier molecular flexibility index (Phi) is 5.91. The molecule has 4 nitrogen and oxygen atoms in total. The Morgan fingerprint density at radius 3 is 2.78 bits per heavy atom. The summed E-state index contributed by atoms with van der Waals surface area (Å²) in [5, 5.41) is 0. The van der Waals surface area contributed by atoms with E-state index >= 15 is 0 Å². The fourth-order valence-corrected chi connectivity index (χ4v) is 5.63. The Morgan fingerprint density at radius 2 is 2.00 bits per heavy atom. The van der Waals surface area contributed by atoms with E-state index < -0.39 is 0 Å². The van der Waals surface area contributed by atoms with E-state index in [0.29, 0.717) is 12.5 Å². The molecule has 27 heavy (non-hydrogen) atoms. The van der Waals surface area contributed by atoms with Crippen LogP contribution in [0.3, 0.4) is 0 Å². The maximum absolute atomic E-state index is 12.8. The van der Waals surface area contributed by atoms with Crippen LogP contribution in [0.15, 0.2) is 28.7 Å². The first-order valence-electron chi connectivity index (χ1n) is 10.5. The van der Waals surface area contributed by atoms with E-state index in [9.17, 15) is 4.79 Å². The minimum Gasteiger partial charge on any atom is -0.352 e. The van der Waals surface area contributed by atoms with Gasteiger partial charge >= 0.3 is 0 Å². The molecule has 0 N–H and O–H groups in total. The third-order valence-corrected chi connectivity index (χ3v) is 7.57. The first kappa shape index (κ1) is 19.4. The van der Waals surface area contributed by atoms with Gasteiger partial charge in [-0.25, -0.2) is 0 Å². The summed E-state index contributed by atoms with van der Waals surface area (Å²) >= 11 is 3.55. The van der Waals surface area contributed by atoms with Gasteiger partial charge in [-0.15, -0.1) is 0 Å². The van der Waals surface area contributed by atoms with Gasteiger partial charge in [-0.1, -0.05) is 34.1 Å². The van der Waals surface area contributed by atoms with Crippen LogP contribution in [0.25, 0.3) is 0 Å². The largest absolute Gasteiger partial charge is 0.352 e. The van der Waals surface area contributed by atoms with Gasteiger partial charge in [0.15, 0.2) is 0 Å². The summed E-state index contributed by atoms with van der Waals surface area (Å²) in [5.41, 5.74) is 1.03. The minimum atomic E-state index is -0.0719. The van der Waals surface area contributed by atoms with Gasteiger partial charge in [0, 0.05) is 17.6 Å². The topological polar surface area (TPSA) is 32.8 Å². The molecule has 2 aliphatic heterocycles. The van der Waals surface area contributed by atoms with E-state index in [2.05, 4.69) is 20.8 Å². The van der Waals surface area contributed by atoms with Crippen molar-refractivity contribution in [2.45, 2.75) is 75.7 Å². The number of hydrogen-bond acceptors (Lipinski definition) is 3. The lowest BCUT2D eigenvalue weighted by atomic mass is 9.79. The number of rotatable bonds is 4. The van der Waals surface area contributed by atoms with Crippen molar-refractivity contribution in [3.05, 3.63) is 34.3 Å². The second kappa shape index (κ2) is 8.22. The predicted octanol–water partition coefficient (Wildman–Crippen LogP) is 4.36. The van der Waals surface area contributed by atoms with Gasteiger partial charge in [0.05, 0.1) is 12.0 Å². The summed E-state index contributed by atoms with van der Waals surface area (Å²) in [6.45, 7) is 2.52. The third kappa shape index (κ3) is 4.25. The van der Waals surface area contributed by atoms with Crippen molar-refractivity contribution in [3.63, 3.8) is 0 Å². The summed E-state index contributed by atoms with van der Waals surface area (Å²) in [4.78, 5) is 17.3. The van der Waals surface area contributed by atoms with Gasteiger partial charge in [0.25, 0.3) is 0 Å². The average Bonchev–Trinajstić information content (AvgIpc) is 3.34. The molecule has 1 aliphatic carbocycles. The van der Waals surface area contributed by atoms with E-state index in [-0.39, 0.29) is 17.7 Å². The number of likely N-dealkylation sites (tertiary alicyclic amines) is 1. The number of ether oxygens (including phenoxy) is 1. The molecule has 1 amide bonds. The first-order valence-corrected chi connectivity index (χ1v) is 11.3. The molecule has 3 aliphatic rings. The number of halogens is 1.